The van der Waals surface area contributed by atoms with E-state index >= 15 is 0 Å². The van der Waals surface area contributed by atoms with E-state index in [0.717, 1.165) is 11.2 Å². The van der Waals surface area contributed by atoms with Crippen molar-refractivity contribution in [2.24, 2.45) is 0 Å². The number of imidazole rings is 1. The maximum Gasteiger partial charge on any atom is 0.180 e. The summed E-state index contributed by atoms with van der Waals surface area (Å²) < 4.78 is 0. The van der Waals surface area contributed by atoms with E-state index in [1.807, 2.05) is 0 Å². The van der Waals surface area contributed by atoms with Crippen molar-refractivity contribution in [3.8, 4) is 0 Å². The van der Waals surface area contributed by atoms with Crippen molar-refractivity contribution in [1.82, 2.24) is 19.9 Å². The van der Waals surface area contributed by atoms with E-state index in [1.54, 1.807) is 12.7 Å². The van der Waals surface area contributed by atoms with Gasteiger partial charge in [0.05, 0.1) is 12.0 Å². The lowest BCUT2D eigenvalue weighted by Crippen LogP contribution is -2.04. The highest BCUT2D eigenvalue weighted by Gasteiger charge is 2.17. The first-order valence-corrected chi connectivity index (χ1v) is 9.00. The van der Waals surface area contributed by atoms with E-state index in [2.05, 4.69) is 33.8 Å². The Balaban J connectivity index is 2.03. The van der Waals surface area contributed by atoms with Crippen LogP contribution in [0.15, 0.2) is 12.7 Å². The number of aromatic nitrogens is 4. The highest BCUT2D eigenvalue weighted by molar-refractivity contribution is 5.72. The molecule has 22 heavy (non-hydrogen) atoms. The second-order valence-electron chi connectivity index (χ2n) is 6.26. The van der Waals surface area contributed by atoms with Crippen molar-refractivity contribution < 1.29 is 0 Å². The van der Waals surface area contributed by atoms with Crippen LogP contribution in [0, 0.1) is 0 Å². The largest absolute Gasteiger partial charge is 0.342 e. The average molecular weight is 302 g/mol. The highest BCUT2D eigenvalue weighted by Crippen LogP contribution is 2.30. The number of hydrogen-bond donors (Lipinski definition) is 1. The van der Waals surface area contributed by atoms with Gasteiger partial charge >= 0.3 is 0 Å². The molecule has 2 aromatic heterocycles. The summed E-state index contributed by atoms with van der Waals surface area (Å²) in [5, 5.41) is 0. The number of unbranched alkanes of at least 4 members (excludes halogenated alkanes) is 6. The molecule has 0 fully saturated rings. The first kappa shape index (κ1) is 16.9. The number of aromatic amines is 1. The Bertz CT molecular complexity index is 523. The van der Waals surface area contributed by atoms with Gasteiger partial charge in [-0.3, -0.25) is 0 Å². The Morgan fingerprint density at radius 1 is 0.864 bits per heavy atom. The molecule has 0 amide bonds. The third-order valence-electron chi connectivity index (χ3n) is 4.45. The van der Waals surface area contributed by atoms with E-state index < -0.39 is 0 Å². The van der Waals surface area contributed by atoms with Crippen LogP contribution in [0.1, 0.15) is 89.7 Å². The summed E-state index contributed by atoms with van der Waals surface area (Å²) in [6.45, 7) is 4.53. The number of H-pyrrole nitrogens is 1. The Labute approximate surface area is 134 Å². The van der Waals surface area contributed by atoms with Crippen molar-refractivity contribution in [2.75, 3.05) is 0 Å². The summed E-state index contributed by atoms with van der Waals surface area (Å²) in [5.41, 5.74) is 3.02. The van der Waals surface area contributed by atoms with E-state index in [-0.39, 0.29) is 0 Å². The normalized spacial score (nSPS) is 11.6. The molecule has 0 saturated heterocycles. The highest BCUT2D eigenvalue weighted by atomic mass is 15.0. The molecule has 0 spiro atoms. The molecule has 4 heteroatoms. The van der Waals surface area contributed by atoms with E-state index in [4.69, 9.17) is 0 Å². The first-order chi connectivity index (χ1) is 10.9. The molecule has 2 rings (SSSR count). The monoisotopic (exact) mass is 302 g/mol. The Hall–Kier alpha value is -1.45. The SMILES string of the molecule is CCCCCCC(CCCCCC)c1ncnc2nc[nH]c12. The third-order valence-corrected chi connectivity index (χ3v) is 4.45. The average Bonchev–Trinajstić information content (AvgIpc) is 3.02. The van der Waals surface area contributed by atoms with Crippen LogP contribution < -0.4 is 0 Å². The fraction of sp³-hybridized carbons (Fsp3) is 0.722. The molecule has 0 aliphatic rings. The molecule has 4 nitrogen and oxygen atoms in total. The summed E-state index contributed by atoms with van der Waals surface area (Å²) in [5.74, 6) is 0.541. The molecule has 0 bridgehead atoms. The molecular weight excluding hydrogens is 272 g/mol. The summed E-state index contributed by atoms with van der Waals surface area (Å²) in [7, 11) is 0. The van der Waals surface area contributed by atoms with E-state index in [0.29, 0.717) is 5.92 Å². The molecule has 0 unspecified atom stereocenters. The molecule has 2 aromatic rings. The van der Waals surface area contributed by atoms with Gasteiger partial charge in [-0.2, -0.15) is 0 Å². The fourth-order valence-corrected chi connectivity index (χ4v) is 3.15. The molecule has 122 valence electrons. The molecule has 0 radical (unpaired) electrons. The van der Waals surface area contributed by atoms with Crippen LogP contribution >= 0.6 is 0 Å². The first-order valence-electron chi connectivity index (χ1n) is 9.00. The van der Waals surface area contributed by atoms with E-state index in [9.17, 15) is 0 Å². The second-order valence-corrected chi connectivity index (χ2v) is 6.26. The Kier molecular flexibility index (Phi) is 7.34. The van der Waals surface area contributed by atoms with Gasteiger partial charge in [0.1, 0.15) is 11.8 Å². The number of nitrogens with one attached hydrogen (secondary N) is 1. The molecule has 0 atom stereocenters. The van der Waals surface area contributed by atoms with Gasteiger partial charge in [0.2, 0.25) is 0 Å². The van der Waals surface area contributed by atoms with Gasteiger partial charge in [-0.25, -0.2) is 15.0 Å². The molecule has 0 aliphatic heterocycles. The zero-order valence-corrected chi connectivity index (χ0v) is 14.1. The summed E-state index contributed by atoms with van der Waals surface area (Å²) in [6, 6.07) is 0. The van der Waals surface area contributed by atoms with Gasteiger partial charge in [-0.15, -0.1) is 0 Å². The zero-order valence-electron chi connectivity index (χ0n) is 14.1. The topological polar surface area (TPSA) is 54.5 Å². The molecule has 0 aliphatic carbocycles. The molecule has 0 saturated carbocycles. The zero-order chi connectivity index (χ0) is 15.6. The molecule has 2 heterocycles. The van der Waals surface area contributed by atoms with Crippen LogP contribution in [0.2, 0.25) is 0 Å². The van der Waals surface area contributed by atoms with Crippen LogP contribution in [-0.2, 0) is 0 Å². The smallest absolute Gasteiger partial charge is 0.180 e. The van der Waals surface area contributed by atoms with Crippen LogP contribution in [0.5, 0.6) is 0 Å². The predicted octanol–water partition coefficient (Wildman–Crippen LogP) is 5.38. The number of fused-ring (bicyclic) bond motifs is 1. The second kappa shape index (κ2) is 9.54. The van der Waals surface area contributed by atoms with Crippen LogP contribution in [0.4, 0.5) is 0 Å². The maximum absolute atomic E-state index is 4.59. The molecule has 0 aromatic carbocycles. The third kappa shape index (κ3) is 4.79. The predicted molar refractivity (Wildman–Crippen MR) is 91.9 cm³/mol. The summed E-state index contributed by atoms with van der Waals surface area (Å²) in [6.07, 6.45) is 16.4. The summed E-state index contributed by atoms with van der Waals surface area (Å²) >= 11 is 0. The van der Waals surface area contributed by atoms with Gasteiger partial charge in [0, 0.05) is 5.92 Å². The lowest BCUT2D eigenvalue weighted by Gasteiger charge is -2.16. The Morgan fingerprint density at radius 3 is 2.18 bits per heavy atom. The van der Waals surface area contributed by atoms with Crippen LogP contribution in [0.25, 0.3) is 11.2 Å². The lowest BCUT2D eigenvalue weighted by atomic mass is 9.91. The molecular formula is C18H30N4. The number of rotatable bonds is 11. The Morgan fingerprint density at radius 2 is 1.55 bits per heavy atom. The summed E-state index contributed by atoms with van der Waals surface area (Å²) in [4.78, 5) is 16.4. The van der Waals surface area contributed by atoms with Crippen molar-refractivity contribution in [1.29, 1.82) is 0 Å². The lowest BCUT2D eigenvalue weighted by molar-refractivity contribution is 0.490. The van der Waals surface area contributed by atoms with Crippen molar-refractivity contribution in [3.63, 3.8) is 0 Å². The van der Waals surface area contributed by atoms with Gasteiger partial charge < -0.3 is 4.98 Å². The van der Waals surface area contributed by atoms with E-state index in [1.165, 1.54) is 69.9 Å². The van der Waals surface area contributed by atoms with Crippen LogP contribution in [-0.4, -0.2) is 19.9 Å². The minimum absolute atomic E-state index is 0.541. The van der Waals surface area contributed by atoms with Crippen molar-refractivity contribution in [3.05, 3.63) is 18.3 Å². The van der Waals surface area contributed by atoms with Gasteiger partial charge in [-0.05, 0) is 12.8 Å². The quantitative estimate of drug-likeness (QED) is 0.567. The van der Waals surface area contributed by atoms with Crippen LogP contribution in [0.3, 0.4) is 0 Å². The minimum atomic E-state index is 0.541. The standard InChI is InChI=1S/C18H30N4/c1-3-5-7-9-11-15(12-10-8-6-4-2)16-17-18(21-13-19-16)22-14-20-17/h13-15H,3-12H2,1-2H3,(H,19,20,21,22). The van der Waals surface area contributed by atoms with Crippen molar-refractivity contribution >= 4 is 11.2 Å². The fourth-order valence-electron chi connectivity index (χ4n) is 3.15. The van der Waals surface area contributed by atoms with Gasteiger partial charge in [0.15, 0.2) is 5.65 Å². The van der Waals surface area contributed by atoms with Gasteiger partial charge in [-0.1, -0.05) is 65.2 Å². The maximum atomic E-state index is 4.59. The van der Waals surface area contributed by atoms with Gasteiger partial charge in [0.25, 0.3) is 0 Å². The van der Waals surface area contributed by atoms with Crippen molar-refractivity contribution in [2.45, 2.75) is 84.0 Å². The minimum Gasteiger partial charge on any atom is -0.342 e. The number of nitrogens with zero attached hydrogens (tertiary/aromatic N) is 3. The molecule has 1 N–H and O–H groups in total. The number of hydrogen-bond acceptors (Lipinski definition) is 3.